The van der Waals surface area contributed by atoms with Crippen molar-refractivity contribution in [2.75, 3.05) is 76.0 Å². The van der Waals surface area contributed by atoms with Crippen LogP contribution < -0.4 is 15.8 Å². The minimum atomic E-state index is -0.0811. The molecule has 39 heavy (non-hydrogen) atoms. The second kappa shape index (κ2) is 11.2. The zero-order valence-corrected chi connectivity index (χ0v) is 23.3. The molecule has 2 atom stereocenters. The average molecular weight is 565 g/mol. The Bertz CT molecular complexity index is 1400. The Kier molecular flexibility index (Phi) is 7.31. The van der Waals surface area contributed by atoms with Gasteiger partial charge in [-0.05, 0) is 30.3 Å². The van der Waals surface area contributed by atoms with Gasteiger partial charge in [0.15, 0.2) is 0 Å². The summed E-state index contributed by atoms with van der Waals surface area (Å²) in [5.41, 5.74) is 3.90. The van der Waals surface area contributed by atoms with Gasteiger partial charge in [0.05, 0.1) is 57.4 Å². The van der Waals surface area contributed by atoms with Crippen LogP contribution in [0.15, 0.2) is 72.9 Å². The minimum Gasteiger partial charge on any atom is -0.379 e. The van der Waals surface area contributed by atoms with Gasteiger partial charge in [0.1, 0.15) is 0 Å². The number of nitrogens with zero attached hydrogens (tertiary/aromatic N) is 2. The van der Waals surface area contributed by atoms with Gasteiger partial charge in [-0.2, -0.15) is 0 Å². The van der Waals surface area contributed by atoms with E-state index in [-0.39, 0.29) is 11.6 Å². The van der Waals surface area contributed by atoms with Crippen LogP contribution >= 0.6 is 23.5 Å². The number of aromatic nitrogens is 1. The van der Waals surface area contributed by atoms with Crippen molar-refractivity contribution < 1.29 is 14.2 Å². The molecule has 0 spiro atoms. The molecule has 4 aliphatic heterocycles. The Balaban J connectivity index is 1.12. The first-order chi connectivity index (χ1) is 19.2. The van der Waals surface area contributed by atoms with Crippen LogP contribution in [0.5, 0.6) is 0 Å². The molecule has 1 aromatic heterocycles. The molecule has 0 aliphatic carbocycles. The average Bonchev–Trinajstić information content (AvgIpc) is 3.44. The van der Waals surface area contributed by atoms with E-state index in [4.69, 9.17) is 14.2 Å². The maximum Gasteiger partial charge on any atom is 0.250 e. The molecule has 2 unspecified atom stereocenters. The van der Waals surface area contributed by atoms with E-state index in [0.717, 1.165) is 75.2 Å². The number of rotatable bonds is 5. The van der Waals surface area contributed by atoms with E-state index in [1.165, 1.54) is 19.6 Å². The summed E-state index contributed by atoms with van der Waals surface area (Å²) in [6.45, 7) is 7.95. The Labute approximate surface area is 236 Å². The number of hydrogen-bond acceptors (Lipinski definition) is 9. The number of benzene rings is 2. The predicted octanol–water partition coefficient (Wildman–Crippen LogP) is 4.01. The van der Waals surface area contributed by atoms with Crippen molar-refractivity contribution in [3.8, 4) is 11.3 Å². The van der Waals surface area contributed by atoms with E-state index >= 15 is 0 Å². The number of anilines is 2. The smallest absolute Gasteiger partial charge is 0.250 e. The molecule has 204 valence electrons. The van der Waals surface area contributed by atoms with E-state index in [1.807, 2.05) is 0 Å². The lowest BCUT2D eigenvalue weighted by Crippen LogP contribution is -2.50. The number of fused-ring (bicyclic) bond motifs is 2. The second-order valence-corrected chi connectivity index (χ2v) is 12.4. The van der Waals surface area contributed by atoms with Crippen LogP contribution in [0.3, 0.4) is 0 Å². The van der Waals surface area contributed by atoms with E-state index in [9.17, 15) is 4.79 Å². The fourth-order valence-corrected chi connectivity index (χ4v) is 8.16. The topological polar surface area (TPSA) is 79.1 Å². The van der Waals surface area contributed by atoms with Gasteiger partial charge in [0.2, 0.25) is 5.56 Å². The second-order valence-electron chi connectivity index (χ2n) is 10.2. The summed E-state index contributed by atoms with van der Waals surface area (Å²) in [6.07, 6.45) is 0. The van der Waals surface area contributed by atoms with Crippen molar-refractivity contribution in [1.29, 1.82) is 0 Å². The van der Waals surface area contributed by atoms with Crippen molar-refractivity contribution >= 4 is 34.9 Å². The molecule has 2 aromatic carbocycles. The summed E-state index contributed by atoms with van der Waals surface area (Å²) >= 11 is 3.57. The molecule has 0 saturated carbocycles. The minimum absolute atomic E-state index is 0.0811. The number of hydrogen-bond donors (Lipinski definition) is 2. The molecule has 5 heterocycles. The predicted molar refractivity (Wildman–Crippen MR) is 155 cm³/mol. The van der Waals surface area contributed by atoms with E-state index in [0.29, 0.717) is 19.3 Å². The van der Waals surface area contributed by atoms with Crippen LogP contribution in [0, 0.1) is 0 Å². The first kappa shape index (κ1) is 25.5. The summed E-state index contributed by atoms with van der Waals surface area (Å²) in [5.74, 6) is 0. The fourth-order valence-electron chi connectivity index (χ4n) is 5.75. The number of pyridine rings is 1. The molecular weight excluding hydrogens is 532 g/mol. The Hall–Kier alpha value is -2.47. The highest BCUT2D eigenvalue weighted by Gasteiger charge is 2.34. The standard InChI is InChI=1S/C29H32N4O4S2/c34-28-16-20(32-6-10-35-11-7-32)15-22(31-28)21-2-1-3-26-29(21)39-25-5-4-19(14-27(25)38-26)30-23-17-37-18-24(23)33-8-12-36-13-9-33/h1-5,14-16,23-24,30H,6-13,17-18H2,(H,31,34). The van der Waals surface area contributed by atoms with Gasteiger partial charge in [0.25, 0.3) is 0 Å². The number of aromatic amines is 1. The van der Waals surface area contributed by atoms with Gasteiger partial charge in [-0.25, -0.2) is 0 Å². The molecule has 0 radical (unpaired) electrons. The van der Waals surface area contributed by atoms with Crippen LogP contribution in [-0.2, 0) is 14.2 Å². The van der Waals surface area contributed by atoms with Gasteiger partial charge in [-0.1, -0.05) is 35.7 Å². The van der Waals surface area contributed by atoms with Crippen LogP contribution in [0.25, 0.3) is 11.3 Å². The summed E-state index contributed by atoms with van der Waals surface area (Å²) in [4.78, 5) is 25.3. The SMILES string of the molecule is O=c1cc(N2CCOCC2)cc(-c2cccc3c2Sc2ccc(NC4COCC4N4CCOCC4)cc2S3)[nH]1. The van der Waals surface area contributed by atoms with Gasteiger partial charge in [-0.3, -0.25) is 9.69 Å². The highest BCUT2D eigenvalue weighted by atomic mass is 32.2. The molecule has 4 aliphatic rings. The third kappa shape index (κ3) is 5.33. The Morgan fingerprint density at radius 3 is 2.49 bits per heavy atom. The van der Waals surface area contributed by atoms with Crippen LogP contribution in [0.1, 0.15) is 0 Å². The monoisotopic (exact) mass is 564 g/mol. The van der Waals surface area contributed by atoms with Crippen molar-refractivity contribution in [3.63, 3.8) is 0 Å². The quantitative estimate of drug-likeness (QED) is 0.374. The van der Waals surface area contributed by atoms with Crippen molar-refractivity contribution in [1.82, 2.24) is 9.88 Å². The lowest BCUT2D eigenvalue weighted by Gasteiger charge is -2.35. The van der Waals surface area contributed by atoms with E-state index in [2.05, 4.69) is 62.6 Å². The molecule has 3 fully saturated rings. The maximum atomic E-state index is 12.6. The van der Waals surface area contributed by atoms with Crippen LogP contribution in [-0.4, -0.2) is 87.8 Å². The largest absolute Gasteiger partial charge is 0.379 e. The first-order valence-corrected chi connectivity index (χ1v) is 15.2. The molecular formula is C29H32N4O4S2. The zero-order chi connectivity index (χ0) is 26.2. The highest BCUT2D eigenvalue weighted by molar-refractivity contribution is 8.05. The van der Waals surface area contributed by atoms with Crippen molar-refractivity contribution in [2.45, 2.75) is 31.7 Å². The van der Waals surface area contributed by atoms with Gasteiger partial charge in [0, 0.05) is 68.8 Å². The van der Waals surface area contributed by atoms with Crippen LogP contribution in [0.2, 0.25) is 0 Å². The first-order valence-electron chi connectivity index (χ1n) is 13.6. The highest BCUT2D eigenvalue weighted by Crippen LogP contribution is 2.52. The normalized spacial score (nSPS) is 23.3. The molecule has 3 aromatic rings. The third-order valence-electron chi connectivity index (χ3n) is 7.77. The molecule has 0 amide bonds. The summed E-state index contributed by atoms with van der Waals surface area (Å²) in [7, 11) is 0. The molecule has 2 N–H and O–H groups in total. The molecule has 8 nitrogen and oxygen atoms in total. The molecule has 10 heteroatoms. The number of ether oxygens (including phenoxy) is 3. The van der Waals surface area contributed by atoms with Gasteiger partial charge >= 0.3 is 0 Å². The van der Waals surface area contributed by atoms with Crippen LogP contribution in [0.4, 0.5) is 11.4 Å². The summed E-state index contributed by atoms with van der Waals surface area (Å²) in [5, 5.41) is 3.76. The van der Waals surface area contributed by atoms with Crippen molar-refractivity contribution in [2.24, 2.45) is 0 Å². The summed E-state index contributed by atoms with van der Waals surface area (Å²) in [6, 6.07) is 17.4. The number of nitrogens with one attached hydrogen (secondary N) is 2. The molecule has 3 saturated heterocycles. The Morgan fingerprint density at radius 2 is 1.64 bits per heavy atom. The molecule has 7 rings (SSSR count). The lowest BCUT2D eigenvalue weighted by molar-refractivity contribution is 0.0131. The maximum absolute atomic E-state index is 12.6. The number of morpholine rings is 2. The van der Waals surface area contributed by atoms with Gasteiger partial charge in [-0.15, -0.1) is 0 Å². The molecule has 0 bridgehead atoms. The zero-order valence-electron chi connectivity index (χ0n) is 21.7. The van der Waals surface area contributed by atoms with Crippen molar-refractivity contribution in [3.05, 3.63) is 58.9 Å². The Morgan fingerprint density at radius 1 is 0.821 bits per heavy atom. The lowest BCUT2D eigenvalue weighted by atomic mass is 10.1. The van der Waals surface area contributed by atoms with E-state index in [1.54, 1.807) is 29.6 Å². The summed E-state index contributed by atoms with van der Waals surface area (Å²) < 4.78 is 16.9. The van der Waals surface area contributed by atoms with E-state index < -0.39 is 0 Å². The number of H-pyrrole nitrogens is 1. The third-order valence-corrected chi connectivity index (χ3v) is 10.4. The fraction of sp³-hybridized carbons (Fsp3) is 0.414. The van der Waals surface area contributed by atoms with Gasteiger partial charge < -0.3 is 29.4 Å².